The predicted octanol–water partition coefficient (Wildman–Crippen LogP) is 3.72. The lowest BCUT2D eigenvalue weighted by Crippen LogP contribution is -2.18. The second kappa shape index (κ2) is 10.7. The SMILES string of the molecule is CCOC(=O)c1c(NC(=O)c2sc3nc(CN(C)C)[nH]c(=O)c3c2C)sc(C(=O)OC(C)C)c1C. The maximum atomic E-state index is 13.3. The van der Waals surface area contributed by atoms with Crippen molar-refractivity contribution in [3.8, 4) is 0 Å². The summed E-state index contributed by atoms with van der Waals surface area (Å²) in [6.45, 7) is 8.97. The first-order valence-corrected chi connectivity index (χ1v) is 12.6. The van der Waals surface area contributed by atoms with E-state index in [0.29, 0.717) is 33.7 Å². The molecule has 0 radical (unpaired) electrons. The monoisotopic (exact) mass is 520 g/mol. The molecule has 0 aromatic carbocycles. The normalized spacial score (nSPS) is 11.3. The topological polar surface area (TPSA) is 131 Å². The molecule has 12 heteroatoms. The molecule has 0 aliphatic rings. The Balaban J connectivity index is 2.03. The van der Waals surface area contributed by atoms with Gasteiger partial charge in [0.05, 0.1) is 35.1 Å². The highest BCUT2D eigenvalue weighted by molar-refractivity contribution is 7.21. The molecule has 188 valence electrons. The number of carbonyl (C=O) groups excluding carboxylic acids is 3. The quantitative estimate of drug-likeness (QED) is 0.430. The Morgan fingerprint density at radius 3 is 2.37 bits per heavy atom. The molecule has 10 nitrogen and oxygen atoms in total. The summed E-state index contributed by atoms with van der Waals surface area (Å²) in [4.78, 5) is 61.2. The number of anilines is 1. The van der Waals surface area contributed by atoms with Gasteiger partial charge in [0.1, 0.15) is 20.5 Å². The van der Waals surface area contributed by atoms with Gasteiger partial charge in [0.25, 0.3) is 11.5 Å². The molecule has 0 aliphatic heterocycles. The van der Waals surface area contributed by atoms with Gasteiger partial charge in [-0.25, -0.2) is 14.6 Å². The van der Waals surface area contributed by atoms with Crippen molar-refractivity contribution in [3.63, 3.8) is 0 Å². The highest BCUT2D eigenvalue weighted by Crippen LogP contribution is 2.36. The van der Waals surface area contributed by atoms with Crippen LogP contribution in [0.25, 0.3) is 10.2 Å². The van der Waals surface area contributed by atoms with E-state index in [1.54, 1.807) is 34.6 Å². The number of rotatable bonds is 8. The van der Waals surface area contributed by atoms with Crippen molar-refractivity contribution in [1.29, 1.82) is 0 Å². The number of hydrogen-bond donors (Lipinski definition) is 2. The Morgan fingerprint density at radius 2 is 1.77 bits per heavy atom. The number of amides is 1. The minimum Gasteiger partial charge on any atom is -0.462 e. The Labute approximate surface area is 210 Å². The molecule has 3 aromatic heterocycles. The van der Waals surface area contributed by atoms with Gasteiger partial charge in [-0.15, -0.1) is 22.7 Å². The van der Waals surface area contributed by atoms with Crippen LogP contribution < -0.4 is 10.9 Å². The first-order valence-electron chi connectivity index (χ1n) is 10.9. The third-order valence-corrected chi connectivity index (χ3v) is 7.28. The van der Waals surface area contributed by atoms with E-state index >= 15 is 0 Å². The summed E-state index contributed by atoms with van der Waals surface area (Å²) in [5.41, 5.74) is 0.633. The van der Waals surface area contributed by atoms with Crippen molar-refractivity contribution in [1.82, 2.24) is 14.9 Å². The van der Waals surface area contributed by atoms with Crippen molar-refractivity contribution in [3.05, 3.63) is 42.6 Å². The summed E-state index contributed by atoms with van der Waals surface area (Å²) in [5, 5.41) is 3.26. The van der Waals surface area contributed by atoms with Gasteiger partial charge in [-0.2, -0.15) is 0 Å². The molecule has 3 rings (SSSR count). The zero-order valence-electron chi connectivity index (χ0n) is 20.7. The molecule has 0 saturated carbocycles. The zero-order valence-corrected chi connectivity index (χ0v) is 22.3. The van der Waals surface area contributed by atoms with Crippen LogP contribution in [0.2, 0.25) is 0 Å². The number of fused-ring (bicyclic) bond motifs is 1. The summed E-state index contributed by atoms with van der Waals surface area (Å²) < 4.78 is 10.4. The number of carbonyl (C=O) groups is 3. The average molecular weight is 521 g/mol. The number of thiophene rings is 2. The zero-order chi connectivity index (χ0) is 26.0. The lowest BCUT2D eigenvalue weighted by Gasteiger charge is -2.07. The number of nitrogens with one attached hydrogen (secondary N) is 2. The van der Waals surface area contributed by atoms with Gasteiger partial charge in [-0.3, -0.25) is 9.59 Å². The fourth-order valence-corrected chi connectivity index (χ4v) is 5.62. The molecule has 0 aliphatic carbocycles. The number of ether oxygens (including phenoxy) is 2. The van der Waals surface area contributed by atoms with Crippen LogP contribution in [0.5, 0.6) is 0 Å². The summed E-state index contributed by atoms with van der Waals surface area (Å²) in [6, 6.07) is 0. The fourth-order valence-electron chi connectivity index (χ4n) is 3.45. The van der Waals surface area contributed by atoms with Gasteiger partial charge in [0.15, 0.2) is 0 Å². The third kappa shape index (κ3) is 5.60. The van der Waals surface area contributed by atoms with Crippen LogP contribution in [0.3, 0.4) is 0 Å². The lowest BCUT2D eigenvalue weighted by atomic mass is 10.1. The smallest absolute Gasteiger partial charge is 0.348 e. The number of nitrogens with zero attached hydrogens (tertiary/aromatic N) is 2. The minimum atomic E-state index is -0.653. The first-order chi connectivity index (χ1) is 16.4. The van der Waals surface area contributed by atoms with Crippen LogP contribution in [-0.4, -0.2) is 59.5 Å². The lowest BCUT2D eigenvalue weighted by molar-refractivity contribution is 0.0383. The molecule has 0 fully saturated rings. The van der Waals surface area contributed by atoms with Crippen LogP contribution >= 0.6 is 22.7 Å². The molecule has 3 aromatic rings. The molecule has 3 heterocycles. The van der Waals surface area contributed by atoms with E-state index in [1.807, 2.05) is 19.0 Å². The van der Waals surface area contributed by atoms with E-state index in [1.165, 1.54) is 0 Å². The first kappa shape index (κ1) is 26.5. The van der Waals surface area contributed by atoms with E-state index in [2.05, 4.69) is 15.3 Å². The van der Waals surface area contributed by atoms with Crippen LogP contribution in [0.15, 0.2) is 4.79 Å². The second-order valence-electron chi connectivity index (χ2n) is 8.38. The number of aromatic amines is 1. The van der Waals surface area contributed by atoms with Crippen LogP contribution in [0.1, 0.15) is 67.4 Å². The van der Waals surface area contributed by atoms with E-state index in [4.69, 9.17) is 9.47 Å². The van der Waals surface area contributed by atoms with Crippen molar-refractivity contribution >= 4 is 55.7 Å². The number of aromatic nitrogens is 2. The average Bonchev–Trinajstić information content (AvgIpc) is 3.24. The largest absolute Gasteiger partial charge is 0.462 e. The maximum absolute atomic E-state index is 13.3. The predicted molar refractivity (Wildman–Crippen MR) is 136 cm³/mol. The molecule has 0 unspecified atom stereocenters. The van der Waals surface area contributed by atoms with Gasteiger partial charge in [0.2, 0.25) is 0 Å². The number of H-pyrrole nitrogens is 1. The standard InChI is InChI=1S/C23H28N4O6S2/c1-8-32-22(30)15-12(5)17(23(31)33-10(2)3)35-21(15)26-19(29)16-11(4)14-18(28)24-13(9-27(6)7)25-20(14)34-16/h10H,8-9H2,1-7H3,(H,26,29)(H,24,25,28). The summed E-state index contributed by atoms with van der Waals surface area (Å²) >= 11 is 2.04. The second-order valence-corrected chi connectivity index (χ2v) is 10.4. The number of aryl methyl sites for hydroxylation is 1. The van der Waals surface area contributed by atoms with Crippen LogP contribution in [0.4, 0.5) is 5.00 Å². The van der Waals surface area contributed by atoms with Crippen LogP contribution in [-0.2, 0) is 16.0 Å². The molecule has 1 amide bonds. The van der Waals surface area contributed by atoms with Gasteiger partial charge in [-0.1, -0.05) is 0 Å². The molecule has 0 saturated heterocycles. The van der Waals surface area contributed by atoms with Gasteiger partial charge >= 0.3 is 11.9 Å². The van der Waals surface area contributed by atoms with Gasteiger partial charge in [0, 0.05) is 0 Å². The molecule has 0 spiro atoms. The van der Waals surface area contributed by atoms with Gasteiger partial charge in [-0.05, 0) is 59.8 Å². The van der Waals surface area contributed by atoms with Gasteiger partial charge < -0.3 is 24.7 Å². The summed E-state index contributed by atoms with van der Waals surface area (Å²) in [7, 11) is 3.72. The van der Waals surface area contributed by atoms with E-state index in [-0.39, 0.29) is 38.6 Å². The minimum absolute atomic E-state index is 0.101. The number of hydrogen-bond acceptors (Lipinski definition) is 10. The van der Waals surface area contributed by atoms with Crippen molar-refractivity contribution < 1.29 is 23.9 Å². The highest BCUT2D eigenvalue weighted by atomic mass is 32.1. The van der Waals surface area contributed by atoms with E-state index in [9.17, 15) is 19.2 Å². The molecule has 2 N–H and O–H groups in total. The van der Waals surface area contributed by atoms with Crippen molar-refractivity contribution in [2.75, 3.05) is 26.0 Å². The molecule has 0 atom stereocenters. The van der Waals surface area contributed by atoms with Crippen LogP contribution in [0, 0.1) is 13.8 Å². The van der Waals surface area contributed by atoms with E-state index < -0.39 is 17.8 Å². The molecule has 0 bridgehead atoms. The van der Waals surface area contributed by atoms with Crippen molar-refractivity contribution in [2.24, 2.45) is 0 Å². The Hall–Kier alpha value is -3.09. The maximum Gasteiger partial charge on any atom is 0.348 e. The fraction of sp³-hybridized carbons (Fsp3) is 0.435. The number of esters is 2. The molecular weight excluding hydrogens is 492 g/mol. The molecular formula is C23H28N4O6S2. The summed E-state index contributed by atoms with van der Waals surface area (Å²) in [5.74, 6) is -1.27. The summed E-state index contributed by atoms with van der Waals surface area (Å²) in [6.07, 6.45) is -0.350. The Kier molecular flexibility index (Phi) is 8.08. The molecule has 35 heavy (non-hydrogen) atoms. The Morgan fingerprint density at radius 1 is 1.09 bits per heavy atom. The van der Waals surface area contributed by atoms with E-state index in [0.717, 1.165) is 22.7 Å². The Bertz CT molecular complexity index is 1350. The third-order valence-electron chi connectivity index (χ3n) is 4.90. The van der Waals surface area contributed by atoms with Crippen molar-refractivity contribution in [2.45, 2.75) is 47.3 Å². The highest BCUT2D eigenvalue weighted by Gasteiger charge is 2.29.